The van der Waals surface area contributed by atoms with E-state index in [1.807, 2.05) is 6.07 Å². The zero-order valence-corrected chi connectivity index (χ0v) is 10.2. The molecule has 0 fully saturated rings. The fourth-order valence-corrected chi connectivity index (χ4v) is 2.61. The number of nitrogens with one attached hydrogen (secondary N) is 1. The lowest BCUT2D eigenvalue weighted by Gasteiger charge is -2.37. The molecule has 2 unspecified atom stereocenters. The van der Waals surface area contributed by atoms with Gasteiger partial charge in [0.1, 0.15) is 5.60 Å². The molecule has 1 aliphatic rings. The summed E-state index contributed by atoms with van der Waals surface area (Å²) in [5, 5.41) is 14.0. The third-order valence-corrected chi connectivity index (χ3v) is 3.65. The minimum atomic E-state index is -0.668. The topological polar surface area (TPSA) is 32.3 Å². The van der Waals surface area contributed by atoms with Gasteiger partial charge in [-0.05, 0) is 36.4 Å². The maximum absolute atomic E-state index is 10.7. The van der Waals surface area contributed by atoms with Gasteiger partial charge in [0, 0.05) is 6.54 Å². The molecule has 2 atom stereocenters. The van der Waals surface area contributed by atoms with E-state index in [4.69, 9.17) is 0 Å². The molecule has 2 rings (SSSR count). The van der Waals surface area contributed by atoms with Crippen LogP contribution in [0.1, 0.15) is 43.7 Å². The van der Waals surface area contributed by atoms with E-state index in [0.717, 1.165) is 24.9 Å². The van der Waals surface area contributed by atoms with Gasteiger partial charge >= 0.3 is 0 Å². The maximum atomic E-state index is 10.7. The third kappa shape index (κ3) is 2.00. The Morgan fingerprint density at radius 3 is 2.94 bits per heavy atom. The number of fused-ring (bicyclic) bond motifs is 1. The highest BCUT2D eigenvalue weighted by atomic mass is 16.3. The summed E-state index contributed by atoms with van der Waals surface area (Å²) in [7, 11) is 0. The maximum Gasteiger partial charge on any atom is 0.102 e. The van der Waals surface area contributed by atoms with Gasteiger partial charge in [-0.3, -0.25) is 0 Å². The fourth-order valence-electron chi connectivity index (χ4n) is 2.61. The zero-order valence-electron chi connectivity index (χ0n) is 10.2. The molecule has 1 aromatic rings. The molecule has 0 heterocycles. The summed E-state index contributed by atoms with van der Waals surface area (Å²) >= 11 is 0. The first-order valence-electron chi connectivity index (χ1n) is 6.20. The van der Waals surface area contributed by atoms with Crippen LogP contribution in [0.4, 0.5) is 0 Å². The molecule has 0 amide bonds. The number of hydrogen-bond donors (Lipinski definition) is 2. The standard InChI is InChI=1S/C14H21NO/c1-3-15-10-14(16)9-8-11(2)12-6-4-5-7-13(12)14/h4-7,11,15-16H,3,8-10H2,1-2H3. The minimum Gasteiger partial charge on any atom is -0.384 e. The largest absolute Gasteiger partial charge is 0.384 e. The Hall–Kier alpha value is -0.860. The Morgan fingerprint density at radius 2 is 2.19 bits per heavy atom. The van der Waals surface area contributed by atoms with Crippen LogP contribution >= 0.6 is 0 Å². The molecular weight excluding hydrogens is 198 g/mol. The average Bonchev–Trinajstić information content (AvgIpc) is 2.32. The van der Waals surface area contributed by atoms with Gasteiger partial charge in [-0.15, -0.1) is 0 Å². The molecule has 1 aliphatic carbocycles. The normalized spacial score (nSPS) is 28.8. The first-order valence-corrected chi connectivity index (χ1v) is 6.20. The molecule has 2 N–H and O–H groups in total. The van der Waals surface area contributed by atoms with E-state index in [2.05, 4.69) is 37.4 Å². The summed E-state index contributed by atoms with van der Waals surface area (Å²) < 4.78 is 0. The van der Waals surface area contributed by atoms with Crippen molar-refractivity contribution in [1.29, 1.82) is 0 Å². The van der Waals surface area contributed by atoms with Crippen molar-refractivity contribution in [2.75, 3.05) is 13.1 Å². The van der Waals surface area contributed by atoms with Crippen LogP contribution in [0.3, 0.4) is 0 Å². The Balaban J connectivity index is 2.33. The summed E-state index contributed by atoms with van der Waals surface area (Å²) in [5.74, 6) is 0.568. The molecule has 88 valence electrons. The van der Waals surface area contributed by atoms with Crippen molar-refractivity contribution < 1.29 is 5.11 Å². The van der Waals surface area contributed by atoms with Crippen molar-refractivity contribution in [1.82, 2.24) is 5.32 Å². The molecule has 2 heteroatoms. The fraction of sp³-hybridized carbons (Fsp3) is 0.571. The number of likely N-dealkylation sites (N-methyl/N-ethyl adjacent to an activating group) is 1. The predicted molar refractivity (Wildman–Crippen MR) is 66.5 cm³/mol. The Kier molecular flexibility index (Phi) is 3.31. The van der Waals surface area contributed by atoms with Gasteiger partial charge < -0.3 is 10.4 Å². The lowest BCUT2D eigenvalue weighted by molar-refractivity contribution is 0.0167. The summed E-state index contributed by atoms with van der Waals surface area (Å²) in [5.41, 5.74) is 1.77. The molecule has 0 aliphatic heterocycles. The second-order valence-corrected chi connectivity index (χ2v) is 4.84. The van der Waals surface area contributed by atoms with Crippen molar-refractivity contribution in [3.63, 3.8) is 0 Å². The molecule has 0 saturated carbocycles. The number of aliphatic hydroxyl groups is 1. The first kappa shape index (κ1) is 11.6. The molecule has 0 aromatic heterocycles. The van der Waals surface area contributed by atoms with Crippen LogP contribution in [0.25, 0.3) is 0 Å². The van der Waals surface area contributed by atoms with Crippen molar-refractivity contribution in [3.8, 4) is 0 Å². The van der Waals surface area contributed by atoms with Gasteiger partial charge in [0.05, 0.1) is 0 Å². The number of benzene rings is 1. The molecule has 2 nitrogen and oxygen atoms in total. The highest BCUT2D eigenvalue weighted by Gasteiger charge is 2.35. The van der Waals surface area contributed by atoms with Crippen LogP contribution in [-0.2, 0) is 5.60 Å². The summed E-state index contributed by atoms with van der Waals surface area (Å²) in [4.78, 5) is 0. The van der Waals surface area contributed by atoms with Crippen LogP contribution < -0.4 is 5.32 Å². The van der Waals surface area contributed by atoms with E-state index in [1.165, 1.54) is 5.56 Å². The smallest absolute Gasteiger partial charge is 0.102 e. The second kappa shape index (κ2) is 4.56. The first-order chi connectivity index (χ1) is 7.67. The quantitative estimate of drug-likeness (QED) is 0.818. The highest BCUT2D eigenvalue weighted by molar-refractivity contribution is 5.37. The van der Waals surface area contributed by atoms with Crippen molar-refractivity contribution in [2.45, 2.75) is 38.2 Å². The van der Waals surface area contributed by atoms with Gasteiger partial charge in [-0.2, -0.15) is 0 Å². The van der Waals surface area contributed by atoms with Crippen LogP contribution in [-0.4, -0.2) is 18.2 Å². The Bertz CT molecular complexity index is 364. The molecule has 16 heavy (non-hydrogen) atoms. The van der Waals surface area contributed by atoms with E-state index in [1.54, 1.807) is 0 Å². The molecule has 0 saturated heterocycles. The highest BCUT2D eigenvalue weighted by Crippen LogP contribution is 2.40. The summed E-state index contributed by atoms with van der Waals surface area (Å²) in [6.07, 6.45) is 1.93. The van der Waals surface area contributed by atoms with Crippen molar-refractivity contribution >= 4 is 0 Å². The predicted octanol–water partition coefficient (Wildman–Crippen LogP) is 2.38. The minimum absolute atomic E-state index is 0.568. The van der Waals surface area contributed by atoms with E-state index >= 15 is 0 Å². The van der Waals surface area contributed by atoms with E-state index < -0.39 is 5.60 Å². The second-order valence-electron chi connectivity index (χ2n) is 4.84. The monoisotopic (exact) mass is 219 g/mol. The summed E-state index contributed by atoms with van der Waals surface area (Å²) in [6, 6.07) is 8.31. The molecule has 1 aromatic carbocycles. The van der Waals surface area contributed by atoms with Crippen LogP contribution in [0, 0.1) is 0 Å². The Labute approximate surface area is 97.7 Å². The molecule has 0 radical (unpaired) electrons. The van der Waals surface area contributed by atoms with E-state index in [0.29, 0.717) is 12.5 Å². The van der Waals surface area contributed by atoms with E-state index in [9.17, 15) is 5.11 Å². The van der Waals surface area contributed by atoms with Crippen LogP contribution in [0.2, 0.25) is 0 Å². The SMILES string of the molecule is CCNCC1(O)CCC(C)c2ccccc21. The molecular formula is C14H21NO. The lowest BCUT2D eigenvalue weighted by Crippen LogP contribution is -2.41. The summed E-state index contributed by atoms with van der Waals surface area (Å²) in [6.45, 7) is 5.87. The van der Waals surface area contributed by atoms with Crippen molar-refractivity contribution in [3.05, 3.63) is 35.4 Å². The third-order valence-electron chi connectivity index (χ3n) is 3.65. The van der Waals surface area contributed by atoms with Gasteiger partial charge in [-0.25, -0.2) is 0 Å². The number of rotatable bonds is 3. The zero-order chi connectivity index (χ0) is 11.6. The molecule has 0 spiro atoms. The van der Waals surface area contributed by atoms with Gasteiger partial charge in [0.2, 0.25) is 0 Å². The van der Waals surface area contributed by atoms with Gasteiger partial charge in [0.25, 0.3) is 0 Å². The van der Waals surface area contributed by atoms with Gasteiger partial charge in [-0.1, -0.05) is 38.1 Å². The lowest BCUT2D eigenvalue weighted by atomic mass is 9.74. The van der Waals surface area contributed by atoms with Crippen LogP contribution in [0.15, 0.2) is 24.3 Å². The van der Waals surface area contributed by atoms with Gasteiger partial charge in [0.15, 0.2) is 0 Å². The van der Waals surface area contributed by atoms with E-state index in [-0.39, 0.29) is 0 Å². The number of hydrogen-bond acceptors (Lipinski definition) is 2. The Morgan fingerprint density at radius 1 is 1.44 bits per heavy atom. The molecule has 0 bridgehead atoms. The van der Waals surface area contributed by atoms with Crippen molar-refractivity contribution in [2.24, 2.45) is 0 Å². The van der Waals surface area contributed by atoms with Crippen LogP contribution in [0.5, 0.6) is 0 Å². The average molecular weight is 219 g/mol.